The Morgan fingerprint density at radius 2 is 1.71 bits per heavy atom. The molecule has 0 spiro atoms. The van der Waals surface area contributed by atoms with Crippen molar-refractivity contribution in [1.82, 2.24) is 0 Å². The summed E-state index contributed by atoms with van der Waals surface area (Å²) in [4.78, 5) is 25.1. The number of anilines is 2. The lowest BCUT2D eigenvalue weighted by molar-refractivity contribution is 0.0994. The van der Waals surface area contributed by atoms with Crippen molar-refractivity contribution in [2.45, 2.75) is 32.6 Å². The molecule has 0 aliphatic carbocycles. The molecule has 3 aromatic rings. The lowest BCUT2D eigenvalue weighted by Crippen LogP contribution is -2.15. The van der Waals surface area contributed by atoms with Gasteiger partial charge < -0.3 is 19.8 Å². The Kier molecular flexibility index (Phi) is 8.29. The zero-order valence-corrected chi connectivity index (χ0v) is 18.9. The third-order valence-corrected chi connectivity index (χ3v) is 5.06. The third kappa shape index (κ3) is 6.72. The molecule has 0 atom stereocenters. The number of benzene rings is 2. The quantitative estimate of drug-likeness (QED) is 0.321. The first kappa shape index (κ1) is 22.6. The largest absolute Gasteiger partial charge is 0.493 e. The Bertz CT molecular complexity index is 1020. The molecule has 0 unspecified atom stereocenters. The normalized spacial score (nSPS) is 10.5. The zero-order chi connectivity index (χ0) is 22.1. The summed E-state index contributed by atoms with van der Waals surface area (Å²) >= 11 is 3.42. The number of carbonyl (C=O) groups is 2. The molecule has 0 fully saturated rings. The Balaban J connectivity index is 1.67. The molecule has 2 aromatic carbocycles. The van der Waals surface area contributed by atoms with Crippen LogP contribution >= 0.6 is 15.9 Å². The molecule has 0 saturated carbocycles. The van der Waals surface area contributed by atoms with Crippen LogP contribution < -0.4 is 15.4 Å². The summed E-state index contributed by atoms with van der Waals surface area (Å²) in [5.74, 6) is 0.0994. The zero-order valence-electron chi connectivity index (χ0n) is 17.3. The van der Waals surface area contributed by atoms with Crippen LogP contribution in [0.4, 0.5) is 11.4 Å². The lowest BCUT2D eigenvalue weighted by atomic mass is 10.1. The van der Waals surface area contributed by atoms with Crippen LogP contribution in [0.25, 0.3) is 0 Å². The maximum atomic E-state index is 12.9. The fourth-order valence-electron chi connectivity index (χ4n) is 2.99. The average molecular weight is 485 g/mol. The van der Waals surface area contributed by atoms with Crippen LogP contribution in [0.2, 0.25) is 0 Å². The number of amides is 2. The predicted molar refractivity (Wildman–Crippen MR) is 125 cm³/mol. The van der Waals surface area contributed by atoms with Crippen LogP contribution in [0, 0.1) is 0 Å². The van der Waals surface area contributed by atoms with Gasteiger partial charge in [-0.25, -0.2) is 0 Å². The highest BCUT2D eigenvalue weighted by atomic mass is 79.9. The Morgan fingerprint density at radius 1 is 0.935 bits per heavy atom. The molecule has 162 valence electrons. The van der Waals surface area contributed by atoms with E-state index in [2.05, 4.69) is 33.5 Å². The number of halogens is 1. The van der Waals surface area contributed by atoms with Gasteiger partial charge in [0.15, 0.2) is 5.76 Å². The molecule has 1 heterocycles. The monoisotopic (exact) mass is 484 g/mol. The fraction of sp³-hybridized carbons (Fsp3) is 0.250. The summed E-state index contributed by atoms with van der Waals surface area (Å²) in [5, 5.41) is 5.62. The van der Waals surface area contributed by atoms with Crippen LogP contribution in [0.5, 0.6) is 5.75 Å². The van der Waals surface area contributed by atoms with Crippen molar-refractivity contribution >= 4 is 39.1 Å². The van der Waals surface area contributed by atoms with E-state index in [1.165, 1.54) is 12.7 Å². The number of carbonyl (C=O) groups excluding carboxylic acids is 2. The molecule has 31 heavy (non-hydrogen) atoms. The molecule has 0 radical (unpaired) electrons. The molecule has 0 aliphatic heterocycles. The van der Waals surface area contributed by atoms with Crippen molar-refractivity contribution in [1.29, 1.82) is 0 Å². The van der Waals surface area contributed by atoms with Gasteiger partial charge in [0.1, 0.15) is 5.75 Å². The summed E-state index contributed by atoms with van der Waals surface area (Å²) in [6.07, 6.45) is 5.82. The number of hydrogen-bond acceptors (Lipinski definition) is 4. The van der Waals surface area contributed by atoms with Crippen molar-refractivity contribution in [3.05, 3.63) is 76.7 Å². The van der Waals surface area contributed by atoms with Crippen LogP contribution in [-0.2, 0) is 0 Å². The number of furan rings is 1. The number of hydrogen-bond donors (Lipinski definition) is 2. The SMILES string of the molecule is CCCCCCOc1ccc(Br)cc1C(=O)Nc1cccc(NC(=O)c2ccco2)c1. The Hall–Kier alpha value is -3.06. The van der Waals surface area contributed by atoms with E-state index in [1.807, 2.05) is 6.07 Å². The number of ether oxygens (including phenoxy) is 1. The van der Waals surface area contributed by atoms with E-state index in [0.29, 0.717) is 29.3 Å². The Labute approximate surface area is 190 Å². The highest BCUT2D eigenvalue weighted by molar-refractivity contribution is 9.10. The van der Waals surface area contributed by atoms with Crippen molar-refractivity contribution < 1.29 is 18.7 Å². The van der Waals surface area contributed by atoms with E-state index in [1.54, 1.807) is 48.5 Å². The second-order valence-electron chi connectivity index (χ2n) is 7.02. The van der Waals surface area contributed by atoms with Gasteiger partial charge in [0.05, 0.1) is 18.4 Å². The topological polar surface area (TPSA) is 80.6 Å². The minimum Gasteiger partial charge on any atom is -0.493 e. The van der Waals surface area contributed by atoms with E-state index in [9.17, 15) is 9.59 Å². The molecular weight excluding hydrogens is 460 g/mol. The van der Waals surface area contributed by atoms with Crippen molar-refractivity contribution in [3.8, 4) is 5.75 Å². The van der Waals surface area contributed by atoms with E-state index in [-0.39, 0.29) is 17.6 Å². The molecular formula is C24H25BrN2O4. The molecule has 2 N–H and O–H groups in total. The lowest BCUT2D eigenvalue weighted by Gasteiger charge is -2.13. The highest BCUT2D eigenvalue weighted by Crippen LogP contribution is 2.25. The van der Waals surface area contributed by atoms with Crippen LogP contribution in [0.3, 0.4) is 0 Å². The van der Waals surface area contributed by atoms with E-state index < -0.39 is 0 Å². The Morgan fingerprint density at radius 3 is 2.42 bits per heavy atom. The predicted octanol–water partition coefficient (Wildman–Crippen LogP) is 6.51. The first-order chi connectivity index (χ1) is 15.1. The molecule has 6 nitrogen and oxygen atoms in total. The molecule has 2 amide bonds. The first-order valence-corrected chi connectivity index (χ1v) is 11.0. The molecule has 1 aromatic heterocycles. The van der Waals surface area contributed by atoms with Gasteiger partial charge in [-0.2, -0.15) is 0 Å². The van der Waals surface area contributed by atoms with Crippen molar-refractivity contribution in [2.75, 3.05) is 17.2 Å². The second kappa shape index (κ2) is 11.4. The molecule has 7 heteroatoms. The average Bonchev–Trinajstić information content (AvgIpc) is 3.30. The van der Waals surface area contributed by atoms with E-state index in [0.717, 1.165) is 23.7 Å². The van der Waals surface area contributed by atoms with Crippen LogP contribution in [0.15, 0.2) is 69.8 Å². The van der Waals surface area contributed by atoms with Crippen molar-refractivity contribution in [2.24, 2.45) is 0 Å². The number of nitrogens with one attached hydrogen (secondary N) is 2. The van der Waals surface area contributed by atoms with Gasteiger partial charge in [0.25, 0.3) is 11.8 Å². The smallest absolute Gasteiger partial charge is 0.291 e. The van der Waals surface area contributed by atoms with Crippen LogP contribution in [-0.4, -0.2) is 18.4 Å². The summed E-state index contributed by atoms with van der Waals surface area (Å²) in [7, 11) is 0. The summed E-state index contributed by atoms with van der Waals surface area (Å²) in [6, 6.07) is 15.5. The van der Waals surface area contributed by atoms with Crippen molar-refractivity contribution in [3.63, 3.8) is 0 Å². The highest BCUT2D eigenvalue weighted by Gasteiger charge is 2.15. The van der Waals surface area contributed by atoms with Gasteiger partial charge in [0, 0.05) is 15.8 Å². The summed E-state index contributed by atoms with van der Waals surface area (Å²) in [6.45, 7) is 2.73. The third-order valence-electron chi connectivity index (χ3n) is 4.56. The molecule has 0 aliphatic rings. The second-order valence-corrected chi connectivity index (χ2v) is 7.93. The maximum Gasteiger partial charge on any atom is 0.291 e. The summed E-state index contributed by atoms with van der Waals surface area (Å²) in [5.41, 5.74) is 1.53. The first-order valence-electron chi connectivity index (χ1n) is 10.3. The minimum absolute atomic E-state index is 0.212. The van der Waals surface area contributed by atoms with Crippen LogP contribution in [0.1, 0.15) is 53.5 Å². The molecule has 3 rings (SSSR count). The van der Waals surface area contributed by atoms with E-state index in [4.69, 9.17) is 9.15 Å². The van der Waals surface area contributed by atoms with Gasteiger partial charge in [-0.3, -0.25) is 9.59 Å². The van der Waals surface area contributed by atoms with Gasteiger partial charge in [-0.1, -0.05) is 48.2 Å². The van der Waals surface area contributed by atoms with Gasteiger partial charge >= 0.3 is 0 Å². The standard InChI is InChI=1S/C24H25BrN2O4/c1-2-3-4-5-13-30-21-12-11-17(25)15-20(21)23(28)26-18-8-6-9-19(16-18)27-24(29)22-10-7-14-31-22/h6-12,14-16H,2-5,13H2,1H3,(H,26,28)(H,27,29). The molecule has 0 bridgehead atoms. The summed E-state index contributed by atoms with van der Waals surface area (Å²) < 4.78 is 11.8. The number of rotatable bonds is 10. The minimum atomic E-state index is -0.362. The fourth-order valence-corrected chi connectivity index (χ4v) is 3.35. The van der Waals surface area contributed by atoms with Gasteiger partial charge in [-0.15, -0.1) is 0 Å². The van der Waals surface area contributed by atoms with Gasteiger partial charge in [0.2, 0.25) is 0 Å². The van der Waals surface area contributed by atoms with Gasteiger partial charge in [-0.05, 0) is 55.0 Å². The van der Waals surface area contributed by atoms with E-state index >= 15 is 0 Å². The number of unbranched alkanes of at least 4 members (excludes halogenated alkanes) is 3. The maximum absolute atomic E-state index is 12.9. The molecule has 0 saturated heterocycles.